The lowest BCUT2D eigenvalue weighted by atomic mass is 9.53. The van der Waals surface area contributed by atoms with Crippen LogP contribution >= 0.6 is 15.9 Å². The second-order valence-corrected chi connectivity index (χ2v) is 14.1. The molecule has 1 heterocycles. The lowest BCUT2D eigenvalue weighted by Gasteiger charge is -2.57. The number of rotatable bonds is 14. The molecule has 4 fully saturated rings. The maximum atomic E-state index is 13.9. The van der Waals surface area contributed by atoms with E-state index in [1.165, 1.54) is 24.8 Å². The highest BCUT2D eigenvalue weighted by molar-refractivity contribution is 9.10. The number of unbranched alkanes of at least 4 members (excludes halogenated alkanes) is 3. The van der Waals surface area contributed by atoms with Crippen molar-refractivity contribution >= 4 is 27.9 Å². The van der Waals surface area contributed by atoms with Crippen molar-refractivity contribution in [2.75, 3.05) is 19.6 Å². The number of hydrogen-bond acceptors (Lipinski definition) is 2. The summed E-state index contributed by atoms with van der Waals surface area (Å²) < 4.78 is 3.30. The Morgan fingerprint density at radius 2 is 1.54 bits per heavy atom. The van der Waals surface area contributed by atoms with Gasteiger partial charge in [0.05, 0.1) is 6.54 Å². The zero-order valence-electron chi connectivity index (χ0n) is 25.1. The smallest absolute Gasteiger partial charge is 0.318 e. The first-order valence-corrected chi connectivity index (χ1v) is 16.9. The fraction of sp³-hybridized carbons (Fsp3) is 0.647. The van der Waals surface area contributed by atoms with E-state index in [9.17, 15) is 9.59 Å². The number of hydrogen-bond donors (Lipinski definition) is 1. The molecular formula is C34H49BrN4O2. The third kappa shape index (κ3) is 7.77. The molecule has 4 bridgehead atoms. The van der Waals surface area contributed by atoms with Gasteiger partial charge in [0.15, 0.2) is 0 Å². The summed E-state index contributed by atoms with van der Waals surface area (Å²) in [5.41, 5.74) is 2.29. The Kier molecular flexibility index (Phi) is 10.2. The summed E-state index contributed by atoms with van der Waals surface area (Å²) in [4.78, 5) is 31.5. The average molecular weight is 626 g/mol. The largest absolute Gasteiger partial charge is 0.345 e. The molecule has 0 saturated heterocycles. The van der Waals surface area contributed by atoms with E-state index < -0.39 is 0 Å². The van der Waals surface area contributed by atoms with Gasteiger partial charge in [0.25, 0.3) is 0 Å². The molecule has 7 heteroatoms. The van der Waals surface area contributed by atoms with Crippen molar-refractivity contribution in [3.63, 3.8) is 0 Å². The molecular weight excluding hydrogens is 576 g/mol. The van der Waals surface area contributed by atoms with Gasteiger partial charge in [0, 0.05) is 41.5 Å². The van der Waals surface area contributed by atoms with Crippen LogP contribution in [0.25, 0.3) is 0 Å². The summed E-state index contributed by atoms with van der Waals surface area (Å²) in [6.07, 6.45) is 14.6. The van der Waals surface area contributed by atoms with E-state index in [1.807, 2.05) is 9.80 Å². The second kappa shape index (κ2) is 13.8. The van der Waals surface area contributed by atoms with Crippen LogP contribution in [0.2, 0.25) is 0 Å². The maximum absolute atomic E-state index is 13.9. The molecule has 2 aromatic rings. The van der Waals surface area contributed by atoms with Crippen LogP contribution < -0.4 is 5.32 Å². The predicted molar refractivity (Wildman–Crippen MR) is 169 cm³/mol. The van der Waals surface area contributed by atoms with Crippen LogP contribution in [0.1, 0.15) is 95.7 Å². The van der Waals surface area contributed by atoms with E-state index in [4.69, 9.17) is 0 Å². The summed E-state index contributed by atoms with van der Waals surface area (Å²) in [7, 11) is 0. The van der Waals surface area contributed by atoms with Crippen molar-refractivity contribution in [1.82, 2.24) is 19.7 Å². The molecule has 0 aliphatic heterocycles. The zero-order valence-corrected chi connectivity index (χ0v) is 26.7. The van der Waals surface area contributed by atoms with Gasteiger partial charge in [0.1, 0.15) is 6.54 Å². The zero-order chi connectivity index (χ0) is 28.8. The highest BCUT2D eigenvalue weighted by atomic mass is 79.9. The average Bonchev–Trinajstić information content (AvgIpc) is 3.37. The first kappa shape index (κ1) is 30.2. The number of urea groups is 1. The third-order valence-corrected chi connectivity index (χ3v) is 10.3. The molecule has 0 radical (unpaired) electrons. The van der Waals surface area contributed by atoms with Gasteiger partial charge in [-0.3, -0.25) is 4.79 Å². The van der Waals surface area contributed by atoms with Gasteiger partial charge in [-0.05, 0) is 98.9 Å². The summed E-state index contributed by atoms with van der Waals surface area (Å²) in [5, 5.41) is 3.53. The number of carbonyl (C=O) groups excluding carboxylic acids is 2. The lowest BCUT2D eigenvalue weighted by Crippen LogP contribution is -2.62. The number of carbonyl (C=O) groups is 2. The van der Waals surface area contributed by atoms with Crippen LogP contribution in [0.4, 0.5) is 4.79 Å². The number of benzene rings is 1. The predicted octanol–water partition coefficient (Wildman–Crippen LogP) is 7.60. The second-order valence-electron chi connectivity index (χ2n) is 13.2. The number of nitrogens with one attached hydrogen (secondary N) is 1. The van der Waals surface area contributed by atoms with E-state index in [0.29, 0.717) is 19.6 Å². The molecule has 6 rings (SSSR count). The van der Waals surface area contributed by atoms with Gasteiger partial charge in [-0.25, -0.2) is 4.79 Å². The molecule has 1 aromatic heterocycles. The quantitative estimate of drug-likeness (QED) is 0.220. The minimum Gasteiger partial charge on any atom is -0.345 e. The molecule has 4 saturated carbocycles. The fourth-order valence-electron chi connectivity index (χ4n) is 8.01. The van der Waals surface area contributed by atoms with Crippen molar-refractivity contribution < 1.29 is 9.59 Å². The first-order valence-electron chi connectivity index (χ1n) is 16.1. The summed E-state index contributed by atoms with van der Waals surface area (Å²) in [6.45, 7) is 7.16. The van der Waals surface area contributed by atoms with Crippen LogP contribution in [0.5, 0.6) is 0 Å². The van der Waals surface area contributed by atoms with Crippen LogP contribution in [-0.2, 0) is 17.9 Å². The van der Waals surface area contributed by atoms with Crippen LogP contribution in [0.15, 0.2) is 47.1 Å². The van der Waals surface area contributed by atoms with E-state index >= 15 is 0 Å². The Labute approximate surface area is 255 Å². The SMILES string of the molecule is CCCCCN(CC(=O)N(CCCC)Cc1cccn1Cc1ccc(Br)cc1)C(=O)NC12CC3CC(CC(C3)C1)C2. The van der Waals surface area contributed by atoms with E-state index in [-0.39, 0.29) is 24.0 Å². The van der Waals surface area contributed by atoms with Crippen molar-refractivity contribution in [3.05, 3.63) is 58.3 Å². The minimum absolute atomic E-state index is 0.0227. The highest BCUT2D eigenvalue weighted by Gasteiger charge is 2.51. The minimum atomic E-state index is -0.0480. The first-order chi connectivity index (χ1) is 19.9. The van der Waals surface area contributed by atoms with Crippen molar-refractivity contribution in [3.8, 4) is 0 Å². The molecule has 1 aromatic carbocycles. The molecule has 1 N–H and O–H groups in total. The summed E-state index contributed by atoms with van der Waals surface area (Å²) >= 11 is 3.52. The van der Waals surface area contributed by atoms with E-state index in [2.05, 4.69) is 82.3 Å². The number of aromatic nitrogens is 1. The molecule has 0 spiro atoms. The number of nitrogens with zero attached hydrogens (tertiary/aromatic N) is 3. The Balaban J connectivity index is 1.26. The van der Waals surface area contributed by atoms with Crippen molar-refractivity contribution in [2.45, 2.75) is 103 Å². The molecule has 4 aliphatic rings. The Morgan fingerprint density at radius 3 is 2.17 bits per heavy atom. The fourth-order valence-corrected chi connectivity index (χ4v) is 8.27. The van der Waals surface area contributed by atoms with E-state index in [0.717, 1.165) is 85.8 Å². The van der Waals surface area contributed by atoms with Gasteiger partial charge < -0.3 is 19.7 Å². The molecule has 6 nitrogen and oxygen atoms in total. The Morgan fingerprint density at radius 1 is 0.902 bits per heavy atom. The Hall–Kier alpha value is -2.28. The van der Waals surface area contributed by atoms with Gasteiger partial charge in [-0.15, -0.1) is 0 Å². The van der Waals surface area contributed by atoms with Crippen LogP contribution in [-0.4, -0.2) is 51.5 Å². The van der Waals surface area contributed by atoms with Gasteiger partial charge in [-0.2, -0.15) is 0 Å². The maximum Gasteiger partial charge on any atom is 0.318 e. The van der Waals surface area contributed by atoms with Crippen LogP contribution in [0, 0.1) is 17.8 Å². The summed E-state index contributed by atoms with van der Waals surface area (Å²) in [6, 6.07) is 12.5. The monoisotopic (exact) mass is 624 g/mol. The topological polar surface area (TPSA) is 57.6 Å². The standard InChI is InChI=1S/C34H49BrN4O2/c1-3-5-7-15-39(33(41)36-34-20-27-17-28(21-34)19-29(18-27)22-34)25-32(40)38(14-6-4-2)24-31-9-8-16-37(31)23-26-10-12-30(35)13-11-26/h8-13,16,27-29H,3-7,14-15,17-25H2,1-2H3,(H,36,41). The van der Waals surface area contributed by atoms with Gasteiger partial charge in [-0.1, -0.05) is 61.2 Å². The normalized spacial score (nSPS) is 24.4. The molecule has 0 unspecified atom stereocenters. The van der Waals surface area contributed by atoms with Crippen molar-refractivity contribution in [1.29, 1.82) is 0 Å². The third-order valence-electron chi connectivity index (χ3n) is 9.73. The molecule has 3 amide bonds. The number of amides is 3. The molecule has 4 aliphatic carbocycles. The summed E-state index contributed by atoms with van der Waals surface area (Å²) in [5.74, 6) is 2.37. The van der Waals surface area contributed by atoms with Gasteiger partial charge in [0.2, 0.25) is 5.91 Å². The van der Waals surface area contributed by atoms with Crippen molar-refractivity contribution in [2.24, 2.45) is 17.8 Å². The molecule has 224 valence electrons. The highest BCUT2D eigenvalue weighted by Crippen LogP contribution is 2.55. The van der Waals surface area contributed by atoms with Gasteiger partial charge >= 0.3 is 6.03 Å². The van der Waals surface area contributed by atoms with E-state index in [1.54, 1.807) is 0 Å². The Bertz CT molecular complexity index is 1120. The lowest BCUT2D eigenvalue weighted by molar-refractivity contribution is -0.132. The number of halogens is 1. The molecule has 0 atom stereocenters. The molecule has 41 heavy (non-hydrogen) atoms. The van der Waals surface area contributed by atoms with Crippen LogP contribution in [0.3, 0.4) is 0 Å².